The first-order valence-corrected chi connectivity index (χ1v) is 7.25. The van der Waals surface area contributed by atoms with Crippen LogP contribution in [0.1, 0.15) is 5.56 Å². The van der Waals surface area contributed by atoms with Crippen molar-refractivity contribution in [2.24, 2.45) is 0 Å². The molecule has 5 heteroatoms. The van der Waals surface area contributed by atoms with Gasteiger partial charge in [-0.3, -0.25) is 0 Å². The normalized spacial score (nSPS) is 11.1. The molecule has 0 aliphatic rings. The van der Waals surface area contributed by atoms with Gasteiger partial charge in [0.05, 0.1) is 11.3 Å². The van der Waals surface area contributed by atoms with E-state index in [-0.39, 0.29) is 0 Å². The summed E-state index contributed by atoms with van der Waals surface area (Å²) in [6.45, 7) is 2.04. The topological polar surface area (TPSA) is 52.0 Å². The van der Waals surface area contributed by atoms with Crippen molar-refractivity contribution in [3.63, 3.8) is 0 Å². The van der Waals surface area contributed by atoms with Gasteiger partial charge in [0.2, 0.25) is 5.89 Å². The van der Waals surface area contributed by atoms with Crippen LogP contribution in [0, 0.1) is 6.92 Å². The van der Waals surface area contributed by atoms with Crippen molar-refractivity contribution < 1.29 is 4.42 Å². The largest absolute Gasteiger partial charge is 0.434 e. The second-order valence-corrected chi connectivity index (χ2v) is 6.12. The molecule has 0 spiro atoms. The number of nitrogens with zero attached hydrogens (tertiary/aromatic N) is 1. The number of nitrogens with two attached hydrogens (primary N) is 1. The Morgan fingerprint density at radius 1 is 1.16 bits per heavy atom. The number of aromatic nitrogens is 1. The maximum atomic E-state index is 5.94. The Morgan fingerprint density at radius 3 is 2.68 bits per heavy atom. The Morgan fingerprint density at radius 2 is 1.95 bits per heavy atom. The standard InChI is InChI=1S/C14H10Br2N2O/c1-7-2-3-9(10(16)4-7)14-18-12-6-8(15)5-11(17)13(12)19-14/h2-6H,17H2,1H3. The van der Waals surface area contributed by atoms with Crippen molar-refractivity contribution in [1.82, 2.24) is 4.98 Å². The number of halogens is 2. The van der Waals surface area contributed by atoms with Crippen LogP contribution in [0.5, 0.6) is 0 Å². The highest BCUT2D eigenvalue weighted by Gasteiger charge is 2.13. The fourth-order valence-corrected chi connectivity index (χ4v) is 3.06. The van der Waals surface area contributed by atoms with Gasteiger partial charge in [-0.15, -0.1) is 0 Å². The molecule has 0 aliphatic heterocycles. The Hall–Kier alpha value is -1.33. The quantitative estimate of drug-likeness (QED) is 0.609. The molecule has 0 saturated heterocycles. The predicted molar refractivity (Wildman–Crippen MR) is 84.0 cm³/mol. The lowest BCUT2D eigenvalue weighted by atomic mass is 10.1. The lowest BCUT2D eigenvalue weighted by Gasteiger charge is -2.00. The van der Waals surface area contributed by atoms with Crippen molar-refractivity contribution in [1.29, 1.82) is 0 Å². The van der Waals surface area contributed by atoms with E-state index >= 15 is 0 Å². The first kappa shape index (κ1) is 12.7. The number of rotatable bonds is 1. The zero-order chi connectivity index (χ0) is 13.6. The number of anilines is 1. The third-order valence-electron chi connectivity index (χ3n) is 2.84. The number of hydrogen-bond acceptors (Lipinski definition) is 3. The van der Waals surface area contributed by atoms with Crippen LogP contribution in [0.15, 0.2) is 43.7 Å². The Kier molecular flexibility index (Phi) is 3.11. The molecule has 96 valence electrons. The van der Waals surface area contributed by atoms with Gasteiger partial charge in [0.25, 0.3) is 0 Å². The van der Waals surface area contributed by atoms with Gasteiger partial charge >= 0.3 is 0 Å². The molecule has 0 aliphatic carbocycles. The van der Waals surface area contributed by atoms with Gasteiger partial charge in [0.1, 0.15) is 5.52 Å². The molecule has 0 bridgehead atoms. The maximum Gasteiger partial charge on any atom is 0.228 e. The molecule has 3 aromatic rings. The van der Waals surface area contributed by atoms with E-state index in [2.05, 4.69) is 36.8 Å². The van der Waals surface area contributed by atoms with Gasteiger partial charge in [-0.05, 0) is 52.7 Å². The molecule has 1 heterocycles. The van der Waals surface area contributed by atoms with E-state index in [1.807, 2.05) is 37.3 Å². The van der Waals surface area contributed by atoms with Gasteiger partial charge in [-0.1, -0.05) is 22.0 Å². The van der Waals surface area contributed by atoms with Crippen LogP contribution in [0.3, 0.4) is 0 Å². The molecule has 2 aromatic carbocycles. The molecule has 3 nitrogen and oxygen atoms in total. The van der Waals surface area contributed by atoms with E-state index < -0.39 is 0 Å². The lowest BCUT2D eigenvalue weighted by molar-refractivity contribution is 0.620. The van der Waals surface area contributed by atoms with Gasteiger partial charge in [0, 0.05) is 8.95 Å². The summed E-state index contributed by atoms with van der Waals surface area (Å²) in [6, 6.07) is 9.73. The summed E-state index contributed by atoms with van der Waals surface area (Å²) in [5.41, 5.74) is 9.96. The van der Waals surface area contributed by atoms with Crippen LogP contribution < -0.4 is 5.73 Å². The second kappa shape index (κ2) is 4.65. The van der Waals surface area contributed by atoms with E-state index in [1.54, 1.807) is 0 Å². The summed E-state index contributed by atoms with van der Waals surface area (Å²) in [7, 11) is 0. The van der Waals surface area contributed by atoms with E-state index in [1.165, 1.54) is 5.56 Å². The zero-order valence-corrected chi connectivity index (χ0v) is 13.2. The molecule has 0 amide bonds. The SMILES string of the molecule is Cc1ccc(-c2nc3cc(Br)cc(N)c3o2)c(Br)c1. The van der Waals surface area contributed by atoms with Crippen molar-refractivity contribution in [3.8, 4) is 11.5 Å². The molecule has 1 aromatic heterocycles. The molecule has 19 heavy (non-hydrogen) atoms. The molecular weight excluding hydrogens is 372 g/mol. The van der Waals surface area contributed by atoms with Crippen LogP contribution in [0.4, 0.5) is 5.69 Å². The van der Waals surface area contributed by atoms with Crippen LogP contribution in [0.2, 0.25) is 0 Å². The van der Waals surface area contributed by atoms with Gasteiger partial charge < -0.3 is 10.2 Å². The molecular formula is C14H10Br2N2O. The third-order valence-corrected chi connectivity index (χ3v) is 3.95. The third kappa shape index (κ3) is 2.28. The Bertz CT molecular complexity index is 780. The number of aryl methyl sites for hydroxylation is 1. The average Bonchev–Trinajstić information content (AvgIpc) is 2.72. The first-order chi connectivity index (χ1) is 9.04. The minimum Gasteiger partial charge on any atom is -0.434 e. The highest BCUT2D eigenvalue weighted by molar-refractivity contribution is 9.10. The van der Waals surface area contributed by atoms with E-state index in [0.717, 1.165) is 20.0 Å². The van der Waals surface area contributed by atoms with E-state index in [9.17, 15) is 0 Å². The second-order valence-electron chi connectivity index (χ2n) is 4.35. The van der Waals surface area contributed by atoms with Crippen molar-refractivity contribution >= 4 is 48.6 Å². The molecule has 3 rings (SSSR count). The number of hydrogen-bond donors (Lipinski definition) is 1. The number of fused-ring (bicyclic) bond motifs is 1. The molecule has 0 radical (unpaired) electrons. The fraction of sp³-hybridized carbons (Fsp3) is 0.0714. The smallest absolute Gasteiger partial charge is 0.228 e. The van der Waals surface area contributed by atoms with Gasteiger partial charge in [-0.2, -0.15) is 0 Å². The van der Waals surface area contributed by atoms with Crippen LogP contribution >= 0.6 is 31.9 Å². The number of benzene rings is 2. The fourth-order valence-electron chi connectivity index (χ4n) is 1.93. The summed E-state index contributed by atoms with van der Waals surface area (Å²) in [5.74, 6) is 0.562. The van der Waals surface area contributed by atoms with Gasteiger partial charge in [0.15, 0.2) is 5.58 Å². The minimum absolute atomic E-state index is 0.562. The van der Waals surface area contributed by atoms with E-state index in [0.29, 0.717) is 17.2 Å². The summed E-state index contributed by atoms with van der Waals surface area (Å²) >= 11 is 6.94. The van der Waals surface area contributed by atoms with Crippen LogP contribution in [-0.2, 0) is 0 Å². The summed E-state index contributed by atoms with van der Waals surface area (Å²) in [6.07, 6.45) is 0. The lowest BCUT2D eigenvalue weighted by Crippen LogP contribution is -1.84. The minimum atomic E-state index is 0.562. The Labute approximate surface area is 127 Å². The highest BCUT2D eigenvalue weighted by Crippen LogP contribution is 2.34. The molecule has 0 unspecified atom stereocenters. The number of oxazole rings is 1. The average molecular weight is 382 g/mol. The summed E-state index contributed by atoms with van der Waals surface area (Å²) in [5, 5.41) is 0. The predicted octanol–water partition coefficient (Wildman–Crippen LogP) is 4.91. The monoisotopic (exact) mass is 380 g/mol. The van der Waals surface area contributed by atoms with Crippen molar-refractivity contribution in [2.45, 2.75) is 6.92 Å². The maximum absolute atomic E-state index is 5.94. The molecule has 0 fully saturated rings. The van der Waals surface area contributed by atoms with E-state index in [4.69, 9.17) is 10.2 Å². The zero-order valence-electron chi connectivity index (χ0n) is 10.1. The molecule has 2 N–H and O–H groups in total. The van der Waals surface area contributed by atoms with Crippen LogP contribution in [-0.4, -0.2) is 4.98 Å². The van der Waals surface area contributed by atoms with Crippen molar-refractivity contribution in [2.75, 3.05) is 5.73 Å². The van der Waals surface area contributed by atoms with Crippen molar-refractivity contribution in [3.05, 3.63) is 44.8 Å². The number of nitrogen functional groups attached to an aromatic ring is 1. The summed E-state index contributed by atoms with van der Waals surface area (Å²) < 4.78 is 7.62. The highest BCUT2D eigenvalue weighted by atomic mass is 79.9. The Balaban J connectivity index is 2.23. The van der Waals surface area contributed by atoms with Crippen LogP contribution in [0.25, 0.3) is 22.6 Å². The summed E-state index contributed by atoms with van der Waals surface area (Å²) in [4.78, 5) is 4.49. The molecule has 0 atom stereocenters. The molecule has 0 saturated carbocycles. The van der Waals surface area contributed by atoms with Gasteiger partial charge in [-0.25, -0.2) is 4.98 Å². The first-order valence-electron chi connectivity index (χ1n) is 5.66.